The van der Waals surface area contributed by atoms with Gasteiger partial charge in [0.05, 0.1) is 29.5 Å². The van der Waals surface area contributed by atoms with Crippen molar-refractivity contribution in [1.29, 1.82) is 0 Å². The Morgan fingerprint density at radius 3 is 2.04 bits per heavy atom. The van der Waals surface area contributed by atoms with Gasteiger partial charge >= 0.3 is 0 Å². The lowest BCUT2D eigenvalue weighted by atomic mass is 9.96. The first-order valence-corrected chi connectivity index (χ1v) is 16.3. The quantitative estimate of drug-likeness (QED) is 0.182. The first-order valence-electron chi connectivity index (χ1n) is 15.1. The molecule has 7 nitrogen and oxygen atoms in total. The minimum atomic E-state index is -0.404. The summed E-state index contributed by atoms with van der Waals surface area (Å²) in [4.78, 5) is 31.3. The Kier molecular flexibility index (Phi) is 11.0. The van der Waals surface area contributed by atoms with Gasteiger partial charge in [-0.1, -0.05) is 103 Å². The topological polar surface area (TPSA) is 73.9 Å². The molecule has 0 radical (unpaired) electrons. The van der Waals surface area contributed by atoms with Crippen molar-refractivity contribution >= 4 is 50.8 Å². The summed E-state index contributed by atoms with van der Waals surface area (Å²) in [6.45, 7) is 7.22. The van der Waals surface area contributed by atoms with Gasteiger partial charge in [-0.05, 0) is 59.6 Å². The third kappa shape index (κ3) is 8.36. The van der Waals surface area contributed by atoms with E-state index in [1.54, 1.807) is 24.3 Å². The Morgan fingerprint density at radius 2 is 1.42 bits per heavy atom. The molecule has 1 aliphatic rings. The Hall–Kier alpha value is -4.05. The van der Waals surface area contributed by atoms with E-state index >= 15 is 0 Å². The number of hydrogen-bond donors (Lipinski definition) is 2. The lowest BCUT2D eigenvalue weighted by Gasteiger charge is -2.40. The van der Waals surface area contributed by atoms with E-state index in [0.29, 0.717) is 48.2 Å². The molecule has 2 N–H and O–H groups in total. The highest BCUT2D eigenvalue weighted by molar-refractivity contribution is 9.10. The van der Waals surface area contributed by atoms with Crippen LogP contribution < -0.4 is 15.4 Å². The van der Waals surface area contributed by atoms with Gasteiger partial charge in [-0.2, -0.15) is 0 Å². The summed E-state index contributed by atoms with van der Waals surface area (Å²) in [6.07, 6.45) is 0. The van der Waals surface area contributed by atoms with Gasteiger partial charge in [-0.15, -0.1) is 0 Å². The number of para-hydroxylation sites is 1. The molecule has 0 aliphatic carbocycles. The summed E-state index contributed by atoms with van der Waals surface area (Å²) in [5, 5.41) is 5.91. The molecule has 232 valence electrons. The number of halogens is 1. The molecule has 0 saturated carbocycles. The van der Waals surface area contributed by atoms with Gasteiger partial charge in [-0.25, -0.2) is 0 Å². The average Bonchev–Trinajstić information content (AvgIpc) is 3.05. The number of piperazine rings is 1. The fourth-order valence-corrected chi connectivity index (χ4v) is 5.97. The van der Waals surface area contributed by atoms with Crippen molar-refractivity contribution in [3.05, 3.63) is 130 Å². The van der Waals surface area contributed by atoms with Crippen LogP contribution in [0.1, 0.15) is 51.7 Å². The van der Waals surface area contributed by atoms with Crippen LogP contribution in [-0.2, 0) is 0 Å². The molecular weight excluding hydrogens is 648 g/mol. The number of carbonyl (C=O) groups excluding carboxylic acids is 2. The van der Waals surface area contributed by atoms with Gasteiger partial charge in [0.2, 0.25) is 0 Å². The monoisotopic (exact) mass is 684 g/mol. The van der Waals surface area contributed by atoms with Crippen LogP contribution in [0.2, 0.25) is 0 Å². The standard InChI is InChI=1S/C36H37BrN4O3S/c1-25(2)24-44-32-18-17-28(37)23-30(32)34(42)39-36(45)38-31-16-10-9-15-29(31)35(43)41-21-19-40(20-22-41)33(26-11-5-3-6-12-26)27-13-7-4-8-14-27/h3-18,23,25,33H,19-22,24H2,1-2H3,(H2,38,39,42,45). The van der Waals surface area contributed by atoms with Gasteiger partial charge in [-0.3, -0.25) is 19.8 Å². The second-order valence-corrected chi connectivity index (χ2v) is 12.7. The first-order chi connectivity index (χ1) is 21.8. The molecule has 0 atom stereocenters. The fraction of sp³-hybridized carbons (Fsp3) is 0.250. The molecule has 1 fully saturated rings. The number of anilines is 1. The van der Waals surface area contributed by atoms with Crippen LogP contribution in [0.3, 0.4) is 0 Å². The molecule has 4 aromatic rings. The predicted molar refractivity (Wildman–Crippen MR) is 187 cm³/mol. The summed E-state index contributed by atoms with van der Waals surface area (Å²) in [7, 11) is 0. The molecule has 1 heterocycles. The lowest BCUT2D eigenvalue weighted by molar-refractivity contribution is 0.0598. The summed E-state index contributed by atoms with van der Waals surface area (Å²) < 4.78 is 6.61. The van der Waals surface area contributed by atoms with Crippen LogP contribution >= 0.6 is 28.1 Å². The average molecular weight is 686 g/mol. The van der Waals surface area contributed by atoms with Gasteiger partial charge in [0.25, 0.3) is 11.8 Å². The van der Waals surface area contributed by atoms with E-state index in [4.69, 9.17) is 17.0 Å². The molecule has 45 heavy (non-hydrogen) atoms. The van der Waals surface area contributed by atoms with E-state index in [-0.39, 0.29) is 17.1 Å². The highest BCUT2D eigenvalue weighted by atomic mass is 79.9. The number of benzene rings is 4. The number of hydrogen-bond acceptors (Lipinski definition) is 5. The van der Waals surface area contributed by atoms with Crippen molar-refractivity contribution in [3.8, 4) is 5.75 Å². The number of carbonyl (C=O) groups is 2. The Morgan fingerprint density at radius 1 is 0.822 bits per heavy atom. The van der Waals surface area contributed by atoms with Gasteiger partial charge in [0.15, 0.2) is 5.11 Å². The number of nitrogens with zero attached hydrogens (tertiary/aromatic N) is 2. The minimum Gasteiger partial charge on any atom is -0.492 e. The Balaban J connectivity index is 1.25. The number of rotatable bonds is 9. The van der Waals surface area contributed by atoms with E-state index in [1.165, 1.54) is 11.1 Å². The van der Waals surface area contributed by atoms with Crippen molar-refractivity contribution in [2.45, 2.75) is 19.9 Å². The normalized spacial score (nSPS) is 13.5. The molecule has 5 rings (SSSR count). The Bertz CT molecular complexity index is 1590. The third-order valence-corrected chi connectivity index (χ3v) is 8.29. The van der Waals surface area contributed by atoms with Gasteiger partial charge in [0.1, 0.15) is 5.75 Å². The van der Waals surface area contributed by atoms with Crippen LogP contribution in [0.25, 0.3) is 0 Å². The van der Waals surface area contributed by atoms with Crippen LogP contribution in [0.4, 0.5) is 5.69 Å². The van der Waals surface area contributed by atoms with E-state index in [9.17, 15) is 9.59 Å². The highest BCUT2D eigenvalue weighted by Crippen LogP contribution is 2.30. The third-order valence-electron chi connectivity index (χ3n) is 7.59. The maximum Gasteiger partial charge on any atom is 0.261 e. The maximum absolute atomic E-state index is 13.8. The molecule has 0 bridgehead atoms. The first kappa shape index (κ1) is 32.3. The van der Waals surface area contributed by atoms with Crippen molar-refractivity contribution < 1.29 is 14.3 Å². The summed E-state index contributed by atoms with van der Waals surface area (Å²) in [5.74, 6) is 0.292. The number of nitrogens with one attached hydrogen (secondary N) is 2. The minimum absolute atomic E-state index is 0.0841. The highest BCUT2D eigenvalue weighted by Gasteiger charge is 2.29. The van der Waals surface area contributed by atoms with E-state index in [2.05, 4.69) is 80.0 Å². The van der Waals surface area contributed by atoms with Gasteiger partial charge in [0, 0.05) is 30.7 Å². The van der Waals surface area contributed by atoms with Crippen LogP contribution in [0.5, 0.6) is 5.75 Å². The number of thiocarbonyl (C=S) groups is 1. The fourth-order valence-electron chi connectivity index (χ4n) is 5.40. The van der Waals surface area contributed by atoms with E-state index < -0.39 is 5.91 Å². The van der Waals surface area contributed by atoms with Crippen LogP contribution in [-0.4, -0.2) is 59.5 Å². The van der Waals surface area contributed by atoms with Crippen LogP contribution in [0.15, 0.2) is 108 Å². The molecule has 9 heteroatoms. The molecule has 1 aliphatic heterocycles. The molecule has 0 aromatic heterocycles. The smallest absolute Gasteiger partial charge is 0.261 e. The van der Waals surface area contributed by atoms with Crippen molar-refractivity contribution in [2.75, 3.05) is 38.1 Å². The van der Waals surface area contributed by atoms with Crippen molar-refractivity contribution in [1.82, 2.24) is 15.1 Å². The zero-order valence-corrected chi connectivity index (χ0v) is 27.8. The summed E-state index contributed by atoms with van der Waals surface area (Å²) >= 11 is 8.94. The molecule has 1 saturated heterocycles. The zero-order chi connectivity index (χ0) is 31.8. The second kappa shape index (κ2) is 15.3. The number of amides is 2. The van der Waals surface area contributed by atoms with Crippen LogP contribution in [0, 0.1) is 5.92 Å². The maximum atomic E-state index is 13.8. The Labute approximate surface area is 278 Å². The predicted octanol–water partition coefficient (Wildman–Crippen LogP) is 7.16. The molecular formula is C36H37BrN4O3S. The zero-order valence-electron chi connectivity index (χ0n) is 25.4. The van der Waals surface area contributed by atoms with E-state index in [1.807, 2.05) is 49.1 Å². The second-order valence-electron chi connectivity index (χ2n) is 11.4. The lowest BCUT2D eigenvalue weighted by Crippen LogP contribution is -2.50. The number of ether oxygens (including phenoxy) is 1. The summed E-state index contributed by atoms with van der Waals surface area (Å²) in [5.41, 5.74) is 3.85. The SMILES string of the molecule is CC(C)COc1ccc(Br)cc1C(=O)NC(=S)Nc1ccccc1C(=O)N1CCN(C(c2ccccc2)c2ccccc2)CC1. The summed E-state index contributed by atoms with van der Waals surface area (Å²) in [6, 6.07) is 33.6. The largest absolute Gasteiger partial charge is 0.492 e. The van der Waals surface area contributed by atoms with Crippen molar-refractivity contribution in [3.63, 3.8) is 0 Å². The molecule has 0 unspecified atom stereocenters. The molecule has 4 aromatic carbocycles. The van der Waals surface area contributed by atoms with Crippen molar-refractivity contribution in [2.24, 2.45) is 5.92 Å². The van der Waals surface area contributed by atoms with E-state index in [0.717, 1.165) is 17.6 Å². The molecule has 2 amide bonds. The molecule has 0 spiro atoms. The van der Waals surface area contributed by atoms with Gasteiger partial charge < -0.3 is 15.0 Å².